The van der Waals surface area contributed by atoms with E-state index in [0.29, 0.717) is 0 Å². The number of hydrogen-bond acceptors (Lipinski definition) is 2. The molecule has 11 heavy (non-hydrogen) atoms. The average Bonchev–Trinajstić information content (AvgIpc) is 2.07. The third kappa shape index (κ3) is 2.85. The second-order valence-electron chi connectivity index (χ2n) is 2.04. The molecule has 0 saturated carbocycles. The molecule has 0 aromatic heterocycles. The van der Waals surface area contributed by atoms with Crippen LogP contribution in [0.15, 0.2) is 35.3 Å². The summed E-state index contributed by atoms with van der Waals surface area (Å²) in [6.07, 6.45) is 1.47. The van der Waals surface area contributed by atoms with E-state index in [-0.39, 0.29) is 0 Å². The van der Waals surface area contributed by atoms with Crippen molar-refractivity contribution >= 4 is 6.40 Å². The molecule has 0 fully saturated rings. The smallest absolute Gasteiger partial charge is 0.176 e. The molecule has 1 aromatic carbocycles. The largest absolute Gasteiger partial charge is 0.446 e. The van der Waals surface area contributed by atoms with Gasteiger partial charge >= 0.3 is 0 Å². The highest BCUT2D eigenvalue weighted by Crippen LogP contribution is 2.06. The summed E-state index contributed by atoms with van der Waals surface area (Å²) in [5.74, 6) is 0.824. The molecule has 0 N–H and O–H groups in total. The summed E-state index contributed by atoms with van der Waals surface area (Å²) in [4.78, 5) is 3.92. The lowest BCUT2D eigenvalue weighted by atomic mass is 10.3. The molecule has 0 radical (unpaired) electrons. The second kappa shape index (κ2) is 4.50. The normalized spacial score (nSPS) is 10.3. The van der Waals surface area contributed by atoms with Crippen LogP contribution in [0.2, 0.25) is 0 Å². The zero-order valence-corrected chi connectivity index (χ0v) is 6.53. The number of hydrogen-bond donors (Lipinski definition) is 0. The minimum atomic E-state index is 0.757. The SMILES string of the molecule is CC/N=C/Oc1ccccc1. The van der Waals surface area contributed by atoms with E-state index in [9.17, 15) is 0 Å². The van der Waals surface area contributed by atoms with Gasteiger partial charge in [0, 0.05) is 6.54 Å². The molecule has 2 nitrogen and oxygen atoms in total. The van der Waals surface area contributed by atoms with E-state index in [1.807, 2.05) is 37.3 Å². The highest BCUT2D eigenvalue weighted by molar-refractivity contribution is 5.51. The van der Waals surface area contributed by atoms with Crippen molar-refractivity contribution in [2.45, 2.75) is 6.92 Å². The van der Waals surface area contributed by atoms with Gasteiger partial charge in [-0.1, -0.05) is 18.2 Å². The van der Waals surface area contributed by atoms with Gasteiger partial charge in [-0.3, -0.25) is 4.99 Å². The number of benzene rings is 1. The number of rotatable bonds is 3. The predicted molar refractivity (Wildman–Crippen MR) is 46.1 cm³/mol. The Hall–Kier alpha value is -1.31. The highest BCUT2D eigenvalue weighted by Gasteiger charge is 1.84. The van der Waals surface area contributed by atoms with Gasteiger partial charge in [-0.15, -0.1) is 0 Å². The first-order valence-corrected chi connectivity index (χ1v) is 3.63. The number of nitrogens with zero attached hydrogens (tertiary/aromatic N) is 1. The number of aliphatic imine (C=N–C) groups is 1. The van der Waals surface area contributed by atoms with Crippen LogP contribution in [0, 0.1) is 0 Å². The summed E-state index contributed by atoms with van der Waals surface area (Å²) in [7, 11) is 0. The van der Waals surface area contributed by atoms with Crippen LogP contribution in [0.1, 0.15) is 6.92 Å². The van der Waals surface area contributed by atoms with Crippen molar-refractivity contribution in [1.29, 1.82) is 0 Å². The maximum atomic E-state index is 5.15. The lowest BCUT2D eigenvalue weighted by Gasteiger charge is -1.95. The van der Waals surface area contributed by atoms with Crippen LogP contribution < -0.4 is 4.74 Å². The Morgan fingerprint density at radius 2 is 2.09 bits per heavy atom. The molecule has 1 rings (SSSR count). The van der Waals surface area contributed by atoms with Crippen molar-refractivity contribution in [3.63, 3.8) is 0 Å². The third-order valence-corrected chi connectivity index (χ3v) is 1.19. The van der Waals surface area contributed by atoms with Crippen molar-refractivity contribution in [3.05, 3.63) is 30.3 Å². The fraction of sp³-hybridized carbons (Fsp3) is 0.222. The lowest BCUT2D eigenvalue weighted by molar-refractivity contribution is 0.571. The molecule has 0 saturated heterocycles. The molecule has 0 bridgehead atoms. The van der Waals surface area contributed by atoms with Gasteiger partial charge < -0.3 is 4.74 Å². The van der Waals surface area contributed by atoms with Crippen LogP contribution in [0.5, 0.6) is 5.75 Å². The first kappa shape index (κ1) is 7.79. The standard InChI is InChI=1S/C9H11NO/c1-2-10-8-11-9-6-4-3-5-7-9/h3-8H,2H2,1H3/b10-8+. The minimum Gasteiger partial charge on any atom is -0.446 e. The third-order valence-electron chi connectivity index (χ3n) is 1.19. The number of ether oxygens (including phenoxy) is 1. The molecule has 0 unspecified atom stereocenters. The van der Waals surface area contributed by atoms with Gasteiger partial charge in [0.25, 0.3) is 0 Å². The summed E-state index contributed by atoms with van der Waals surface area (Å²) >= 11 is 0. The van der Waals surface area contributed by atoms with Gasteiger partial charge in [-0.25, -0.2) is 0 Å². The summed E-state index contributed by atoms with van der Waals surface area (Å²) < 4.78 is 5.15. The minimum absolute atomic E-state index is 0.757. The maximum absolute atomic E-state index is 5.15. The maximum Gasteiger partial charge on any atom is 0.176 e. The van der Waals surface area contributed by atoms with E-state index in [1.54, 1.807) is 0 Å². The predicted octanol–water partition coefficient (Wildman–Crippen LogP) is 2.11. The molecule has 2 heteroatoms. The van der Waals surface area contributed by atoms with Crippen molar-refractivity contribution in [1.82, 2.24) is 0 Å². The lowest BCUT2D eigenvalue weighted by Crippen LogP contribution is -1.89. The van der Waals surface area contributed by atoms with Gasteiger partial charge in [0.15, 0.2) is 6.40 Å². The van der Waals surface area contributed by atoms with Crippen LogP contribution >= 0.6 is 0 Å². The fourth-order valence-corrected chi connectivity index (χ4v) is 0.672. The first-order valence-electron chi connectivity index (χ1n) is 3.63. The zero-order valence-electron chi connectivity index (χ0n) is 6.53. The van der Waals surface area contributed by atoms with Crippen LogP contribution in [0.25, 0.3) is 0 Å². The second-order valence-corrected chi connectivity index (χ2v) is 2.04. The Balaban J connectivity index is 2.45. The van der Waals surface area contributed by atoms with Crippen molar-refractivity contribution < 1.29 is 4.74 Å². The first-order chi connectivity index (χ1) is 5.43. The molecule has 0 aliphatic rings. The Morgan fingerprint density at radius 1 is 1.36 bits per heavy atom. The van der Waals surface area contributed by atoms with Crippen LogP contribution in [-0.4, -0.2) is 12.9 Å². The fourth-order valence-electron chi connectivity index (χ4n) is 0.672. The molecule has 0 aliphatic carbocycles. The van der Waals surface area contributed by atoms with E-state index in [1.165, 1.54) is 6.40 Å². The molecular weight excluding hydrogens is 138 g/mol. The molecule has 0 aliphatic heterocycles. The summed E-state index contributed by atoms with van der Waals surface area (Å²) in [5.41, 5.74) is 0. The topological polar surface area (TPSA) is 21.6 Å². The van der Waals surface area contributed by atoms with Gasteiger partial charge in [0.2, 0.25) is 0 Å². The molecule has 0 amide bonds. The zero-order chi connectivity index (χ0) is 7.94. The molecule has 0 spiro atoms. The van der Waals surface area contributed by atoms with E-state index >= 15 is 0 Å². The number of para-hydroxylation sites is 1. The summed E-state index contributed by atoms with van der Waals surface area (Å²) in [5, 5.41) is 0. The molecule has 1 aromatic rings. The quantitative estimate of drug-likeness (QED) is 0.476. The Bertz CT molecular complexity index is 218. The monoisotopic (exact) mass is 149 g/mol. The van der Waals surface area contributed by atoms with E-state index in [4.69, 9.17) is 4.74 Å². The van der Waals surface area contributed by atoms with E-state index < -0.39 is 0 Å². The van der Waals surface area contributed by atoms with Gasteiger partial charge in [0.05, 0.1) is 0 Å². The summed E-state index contributed by atoms with van der Waals surface area (Å²) in [6, 6.07) is 9.58. The molecule has 0 atom stereocenters. The Morgan fingerprint density at radius 3 is 2.73 bits per heavy atom. The highest BCUT2D eigenvalue weighted by atomic mass is 16.5. The molecule has 0 heterocycles. The van der Waals surface area contributed by atoms with E-state index in [2.05, 4.69) is 4.99 Å². The van der Waals surface area contributed by atoms with Gasteiger partial charge in [0.1, 0.15) is 5.75 Å². The van der Waals surface area contributed by atoms with Crippen molar-refractivity contribution in [2.75, 3.05) is 6.54 Å². The summed E-state index contributed by atoms with van der Waals surface area (Å²) in [6.45, 7) is 2.72. The van der Waals surface area contributed by atoms with E-state index in [0.717, 1.165) is 12.3 Å². The van der Waals surface area contributed by atoms with Crippen molar-refractivity contribution in [2.24, 2.45) is 4.99 Å². The van der Waals surface area contributed by atoms with Crippen LogP contribution in [0.3, 0.4) is 0 Å². The average molecular weight is 149 g/mol. The Kier molecular flexibility index (Phi) is 3.19. The molecular formula is C9H11NO. The van der Waals surface area contributed by atoms with Gasteiger partial charge in [-0.05, 0) is 19.1 Å². The Labute approximate surface area is 66.5 Å². The van der Waals surface area contributed by atoms with Crippen LogP contribution in [0.4, 0.5) is 0 Å². The van der Waals surface area contributed by atoms with Crippen LogP contribution in [-0.2, 0) is 0 Å². The molecule has 58 valence electrons. The van der Waals surface area contributed by atoms with Crippen molar-refractivity contribution in [3.8, 4) is 5.75 Å². The van der Waals surface area contributed by atoms with Gasteiger partial charge in [-0.2, -0.15) is 0 Å².